The number of rotatable bonds is 9. The smallest absolute Gasteiger partial charge is 0.665 e. The standard InChI is InChI=1S/C10H11O4.C7H14N3O2.Zn/c1-6(10(13)14)4-7-2-3-8(11)9(12)5-7;8-5(7(11)12)3-1-2-4-6(9)10;/h2-3,5-6,11-12H,1,4H2,(H,13,14);5,8H,1-4H2,(H3,9,10)(H,11,12);/q2*-1;+2/t6-;;/m0../s1. The number of benzene rings is 1. The van der Waals surface area contributed by atoms with E-state index in [9.17, 15) is 9.59 Å². The maximum atomic E-state index is 10.5. The van der Waals surface area contributed by atoms with Gasteiger partial charge in [-0.2, -0.15) is 0 Å². The van der Waals surface area contributed by atoms with Crippen LogP contribution in [0, 0.1) is 18.3 Å². The first-order valence-electron chi connectivity index (χ1n) is 7.88. The van der Waals surface area contributed by atoms with Crippen LogP contribution in [-0.4, -0.2) is 44.2 Å². The van der Waals surface area contributed by atoms with Gasteiger partial charge in [-0.3, -0.25) is 15.0 Å². The van der Waals surface area contributed by atoms with Gasteiger partial charge in [0.2, 0.25) is 0 Å². The molecule has 0 spiro atoms. The van der Waals surface area contributed by atoms with Gasteiger partial charge >= 0.3 is 19.5 Å². The van der Waals surface area contributed by atoms with E-state index in [0.29, 0.717) is 31.2 Å². The molecule has 27 heavy (non-hydrogen) atoms. The fraction of sp³-hybridized carbons (Fsp3) is 0.412. The molecule has 0 saturated carbocycles. The van der Waals surface area contributed by atoms with Crippen LogP contribution in [0.1, 0.15) is 31.2 Å². The second kappa shape index (κ2) is 13.9. The van der Waals surface area contributed by atoms with Crippen LogP contribution in [-0.2, 0) is 35.5 Å². The number of amidine groups is 1. The quantitative estimate of drug-likeness (QED) is 0.0859. The van der Waals surface area contributed by atoms with Crippen molar-refractivity contribution in [1.29, 1.82) is 5.41 Å². The monoisotopic (exact) mass is 431 g/mol. The van der Waals surface area contributed by atoms with Crippen LogP contribution in [0.2, 0.25) is 0 Å². The summed E-state index contributed by atoms with van der Waals surface area (Å²) in [5, 5.41) is 41.9. The molecule has 0 heterocycles. The molecule has 0 amide bonds. The van der Waals surface area contributed by atoms with Gasteiger partial charge < -0.3 is 38.8 Å². The Morgan fingerprint density at radius 3 is 2.19 bits per heavy atom. The van der Waals surface area contributed by atoms with Crippen molar-refractivity contribution in [3.05, 3.63) is 36.4 Å². The second-order valence-electron chi connectivity index (χ2n) is 5.72. The summed E-state index contributed by atoms with van der Waals surface area (Å²) in [6.45, 7) is 3.44. The molecule has 146 valence electrons. The number of nitrogens with one attached hydrogen (secondary N) is 2. The number of aromatic hydroxyl groups is 2. The molecule has 0 radical (unpaired) electrons. The summed E-state index contributed by atoms with van der Waals surface area (Å²) in [7, 11) is 0. The SMILES string of the molecule is N=C(N)CCCCC([NH-])C(=O)O.[CH2-][C@@H](Cc1ccc(O)c(O)c1)C(=O)O.[Zn+2]. The fourth-order valence-corrected chi connectivity index (χ4v) is 1.86. The van der Waals surface area contributed by atoms with Crippen LogP contribution < -0.4 is 5.73 Å². The molecule has 1 aromatic rings. The zero-order valence-electron chi connectivity index (χ0n) is 15.0. The normalized spacial score (nSPS) is 11.9. The third-order valence-electron chi connectivity index (χ3n) is 3.36. The first-order chi connectivity index (χ1) is 12.0. The molecule has 0 aromatic heterocycles. The van der Waals surface area contributed by atoms with E-state index < -0.39 is 23.9 Å². The zero-order chi connectivity index (χ0) is 20.3. The molecule has 9 nitrogen and oxygen atoms in total. The average molecular weight is 433 g/mol. The molecule has 1 rings (SSSR count). The van der Waals surface area contributed by atoms with Gasteiger partial charge in [-0.05, 0) is 36.6 Å². The summed E-state index contributed by atoms with van der Waals surface area (Å²) < 4.78 is 0. The Morgan fingerprint density at radius 1 is 1.15 bits per heavy atom. The van der Waals surface area contributed by atoms with Crippen molar-refractivity contribution in [1.82, 2.24) is 0 Å². The molecule has 1 aromatic carbocycles. The van der Waals surface area contributed by atoms with Crippen molar-refractivity contribution >= 4 is 17.8 Å². The van der Waals surface area contributed by atoms with Crippen LogP contribution in [0.25, 0.3) is 5.73 Å². The van der Waals surface area contributed by atoms with E-state index in [4.69, 9.17) is 37.3 Å². The van der Waals surface area contributed by atoms with Crippen molar-refractivity contribution in [3.8, 4) is 11.5 Å². The van der Waals surface area contributed by atoms with E-state index in [1.165, 1.54) is 12.1 Å². The van der Waals surface area contributed by atoms with Crippen molar-refractivity contribution in [3.63, 3.8) is 0 Å². The molecule has 0 saturated heterocycles. The molecule has 1 unspecified atom stereocenters. The molecule has 0 aliphatic carbocycles. The number of phenols is 2. The van der Waals surface area contributed by atoms with E-state index in [-0.39, 0.29) is 43.2 Å². The van der Waals surface area contributed by atoms with Gasteiger partial charge in [0.25, 0.3) is 11.9 Å². The number of carboxylic acids is 2. The molecule has 10 heteroatoms. The Morgan fingerprint density at radius 2 is 1.74 bits per heavy atom. The summed E-state index contributed by atoms with van der Waals surface area (Å²) in [4.78, 5) is 20.7. The molecule has 0 bridgehead atoms. The largest absolute Gasteiger partial charge is 2.00 e. The van der Waals surface area contributed by atoms with Crippen molar-refractivity contribution in [2.45, 2.75) is 38.1 Å². The Balaban J connectivity index is 0. The van der Waals surface area contributed by atoms with Gasteiger partial charge in [-0.1, -0.05) is 24.8 Å². The number of aliphatic carboxylic acids is 2. The van der Waals surface area contributed by atoms with Crippen LogP contribution in [0.4, 0.5) is 0 Å². The van der Waals surface area contributed by atoms with E-state index in [2.05, 4.69) is 6.92 Å². The van der Waals surface area contributed by atoms with Gasteiger partial charge in [0.05, 0.1) is 5.84 Å². The maximum absolute atomic E-state index is 10.5. The van der Waals surface area contributed by atoms with Crippen molar-refractivity contribution in [2.24, 2.45) is 11.7 Å². The number of unbranched alkanes of at least 4 members (excludes halogenated alkanes) is 1. The van der Waals surface area contributed by atoms with Gasteiger partial charge in [-0.15, -0.1) is 0 Å². The van der Waals surface area contributed by atoms with Crippen molar-refractivity contribution in [2.75, 3.05) is 0 Å². The van der Waals surface area contributed by atoms with Gasteiger partial charge in [0.1, 0.15) is 0 Å². The maximum Gasteiger partial charge on any atom is 2.00 e. The summed E-state index contributed by atoms with van der Waals surface area (Å²) in [5.74, 6) is -3.18. The number of hydrogen-bond acceptors (Lipinski definition) is 5. The minimum absolute atomic E-state index is 0. The first-order valence-corrected chi connectivity index (χ1v) is 7.88. The predicted molar refractivity (Wildman–Crippen MR) is 96.1 cm³/mol. The van der Waals surface area contributed by atoms with Gasteiger partial charge in [0, 0.05) is 6.42 Å². The van der Waals surface area contributed by atoms with Gasteiger partial charge in [-0.25, -0.2) is 0 Å². The van der Waals surface area contributed by atoms with Gasteiger partial charge in [0.15, 0.2) is 11.5 Å². The predicted octanol–water partition coefficient (Wildman–Crippen LogP) is 2.16. The van der Waals surface area contributed by atoms with E-state index in [0.717, 1.165) is 0 Å². The van der Waals surface area contributed by atoms with E-state index in [1.54, 1.807) is 6.07 Å². The summed E-state index contributed by atoms with van der Waals surface area (Å²) in [5.41, 5.74) is 12.7. The molecule has 2 atom stereocenters. The molecular weight excluding hydrogens is 408 g/mol. The minimum Gasteiger partial charge on any atom is -0.665 e. The number of nitrogens with two attached hydrogens (primary N) is 1. The van der Waals surface area contributed by atoms with Crippen LogP contribution in [0.5, 0.6) is 11.5 Å². The second-order valence-corrected chi connectivity index (χ2v) is 5.72. The Bertz CT molecular complexity index is 627. The molecule has 0 aliphatic rings. The molecular formula is C17H25N3O6Zn. The summed E-state index contributed by atoms with van der Waals surface area (Å²) >= 11 is 0. The zero-order valence-corrected chi connectivity index (χ0v) is 18.0. The topological polar surface area (TPSA) is 189 Å². The van der Waals surface area contributed by atoms with Crippen LogP contribution >= 0.6 is 0 Å². The number of carboxylic acid groups (broad SMARTS) is 2. The molecule has 8 N–H and O–H groups in total. The first kappa shape index (κ1) is 27.0. The summed E-state index contributed by atoms with van der Waals surface area (Å²) in [6, 6.07) is 3.17. The van der Waals surface area contributed by atoms with E-state index in [1.807, 2.05) is 0 Å². The van der Waals surface area contributed by atoms with Crippen molar-refractivity contribution < 1.29 is 49.5 Å². The van der Waals surface area contributed by atoms with Crippen LogP contribution in [0.15, 0.2) is 18.2 Å². The number of carbonyl (C=O) groups is 2. The third kappa shape index (κ3) is 12.7. The fourth-order valence-electron chi connectivity index (χ4n) is 1.86. The number of phenolic OH excluding ortho intramolecular Hbond substituents is 2. The summed E-state index contributed by atoms with van der Waals surface area (Å²) in [6.07, 6.45) is 2.39. The number of hydrogen-bond donors (Lipinski definition) is 6. The Kier molecular flexibility index (Phi) is 14.0. The molecule has 0 aliphatic heterocycles. The Hall–Kier alpha value is -2.19. The Labute approximate surface area is 170 Å². The molecule has 0 fully saturated rings. The average Bonchev–Trinajstić information content (AvgIpc) is 2.55. The minimum atomic E-state index is -1.09. The third-order valence-corrected chi connectivity index (χ3v) is 3.36. The van der Waals surface area contributed by atoms with Crippen LogP contribution in [0.3, 0.4) is 0 Å². The van der Waals surface area contributed by atoms with E-state index >= 15 is 0 Å².